The number of rotatable bonds is 7. The Morgan fingerprint density at radius 3 is 2.65 bits per heavy atom. The van der Waals surface area contributed by atoms with Crippen molar-refractivity contribution < 1.29 is 22.0 Å². The number of likely N-dealkylation sites (tertiary alicyclic amines) is 1. The van der Waals surface area contributed by atoms with E-state index >= 15 is 0 Å². The van der Waals surface area contributed by atoms with E-state index in [1.807, 2.05) is 0 Å². The highest BCUT2D eigenvalue weighted by Gasteiger charge is 2.23. The van der Waals surface area contributed by atoms with Crippen molar-refractivity contribution in [3.05, 3.63) is 29.8 Å². The maximum absolute atomic E-state index is 12.4. The summed E-state index contributed by atoms with van der Waals surface area (Å²) in [7, 11) is -3.78. The largest absolute Gasteiger partial charge is 0.349 e. The van der Waals surface area contributed by atoms with Gasteiger partial charge < -0.3 is 5.32 Å². The monoisotopic (exact) mass is 385 g/mol. The number of sulfonamides is 1. The molecular weight excluding hydrogens is 364 g/mol. The van der Waals surface area contributed by atoms with Crippen LogP contribution < -0.4 is 10.0 Å². The summed E-state index contributed by atoms with van der Waals surface area (Å²) in [6.07, 6.45) is 3.82. The van der Waals surface area contributed by atoms with Gasteiger partial charge in [0, 0.05) is 24.7 Å². The standard InChI is InChI=1S/C17H21F2N3O3S/c1-2-8-20-26(24,25)15-5-3-4-13(11-15)17(23)21-14-6-9-22(10-7-14)12-16(18)19/h1,3-5,11,14,16,20H,6-10,12H2,(H,21,23). The van der Waals surface area contributed by atoms with Crippen molar-refractivity contribution in [3.63, 3.8) is 0 Å². The Balaban J connectivity index is 1.96. The Hall–Kier alpha value is -2.02. The molecule has 0 unspecified atom stereocenters. The first kappa shape index (κ1) is 20.3. The van der Waals surface area contributed by atoms with Crippen molar-refractivity contribution in [2.75, 3.05) is 26.2 Å². The summed E-state index contributed by atoms with van der Waals surface area (Å²) in [6, 6.07) is 5.52. The fraction of sp³-hybridized carbons (Fsp3) is 0.471. The molecule has 9 heteroatoms. The quantitative estimate of drug-likeness (QED) is 0.688. The molecule has 1 aliphatic heterocycles. The third-order valence-corrected chi connectivity index (χ3v) is 5.49. The van der Waals surface area contributed by atoms with Gasteiger partial charge in [-0.15, -0.1) is 6.42 Å². The van der Waals surface area contributed by atoms with Crippen LogP contribution in [-0.4, -0.2) is 57.9 Å². The highest BCUT2D eigenvalue weighted by Crippen LogP contribution is 2.15. The van der Waals surface area contributed by atoms with E-state index in [1.54, 1.807) is 4.90 Å². The summed E-state index contributed by atoms with van der Waals surface area (Å²) in [5.74, 6) is 1.78. The molecule has 1 heterocycles. The fourth-order valence-electron chi connectivity index (χ4n) is 2.75. The minimum atomic E-state index is -3.78. The number of alkyl halides is 2. The molecule has 1 aromatic carbocycles. The van der Waals surface area contributed by atoms with Gasteiger partial charge in [0.25, 0.3) is 12.3 Å². The number of nitrogens with zero attached hydrogens (tertiary/aromatic N) is 1. The van der Waals surface area contributed by atoms with Crippen molar-refractivity contribution in [3.8, 4) is 12.3 Å². The van der Waals surface area contributed by atoms with Crippen molar-refractivity contribution in [2.24, 2.45) is 0 Å². The SMILES string of the molecule is C#CCNS(=O)(=O)c1cccc(C(=O)NC2CCN(CC(F)F)CC2)c1. The number of piperidine rings is 1. The van der Waals surface area contributed by atoms with Crippen LogP contribution in [-0.2, 0) is 10.0 Å². The number of halogens is 2. The van der Waals surface area contributed by atoms with E-state index in [0.717, 1.165) is 0 Å². The molecule has 1 aliphatic rings. The second-order valence-electron chi connectivity index (χ2n) is 6.00. The molecule has 0 atom stereocenters. The average Bonchev–Trinajstić information content (AvgIpc) is 2.61. The van der Waals surface area contributed by atoms with Gasteiger partial charge in [-0.2, -0.15) is 4.72 Å². The fourth-order valence-corrected chi connectivity index (χ4v) is 3.73. The number of hydrogen-bond acceptors (Lipinski definition) is 4. The number of nitrogens with one attached hydrogen (secondary N) is 2. The van der Waals surface area contributed by atoms with Crippen LogP contribution >= 0.6 is 0 Å². The van der Waals surface area contributed by atoms with Crippen molar-refractivity contribution in [1.29, 1.82) is 0 Å². The Labute approximate surface area is 152 Å². The van der Waals surface area contributed by atoms with Gasteiger partial charge in [-0.1, -0.05) is 12.0 Å². The van der Waals surface area contributed by atoms with Gasteiger partial charge in [-0.05, 0) is 31.0 Å². The number of hydrogen-bond donors (Lipinski definition) is 2. The lowest BCUT2D eigenvalue weighted by Crippen LogP contribution is -2.45. The number of benzene rings is 1. The van der Waals surface area contributed by atoms with Gasteiger partial charge in [0.2, 0.25) is 10.0 Å². The second-order valence-corrected chi connectivity index (χ2v) is 7.76. The maximum Gasteiger partial charge on any atom is 0.251 e. The van der Waals surface area contributed by atoms with Crippen LogP contribution in [0.4, 0.5) is 8.78 Å². The van der Waals surface area contributed by atoms with Crippen LogP contribution in [0.15, 0.2) is 29.2 Å². The van der Waals surface area contributed by atoms with E-state index in [1.165, 1.54) is 24.3 Å². The molecule has 0 spiro atoms. The van der Waals surface area contributed by atoms with Gasteiger partial charge in [-0.25, -0.2) is 17.2 Å². The molecule has 0 bridgehead atoms. The van der Waals surface area contributed by atoms with Gasteiger partial charge >= 0.3 is 0 Å². The molecule has 2 N–H and O–H groups in total. The second kappa shape index (κ2) is 9.07. The first-order valence-electron chi connectivity index (χ1n) is 8.16. The van der Waals surface area contributed by atoms with E-state index < -0.39 is 22.4 Å². The van der Waals surface area contributed by atoms with Crippen molar-refractivity contribution >= 4 is 15.9 Å². The Kier molecular flexibility index (Phi) is 7.08. The smallest absolute Gasteiger partial charge is 0.251 e. The van der Waals surface area contributed by atoms with E-state index in [4.69, 9.17) is 6.42 Å². The van der Waals surface area contributed by atoms with Crippen LogP contribution in [0.5, 0.6) is 0 Å². The van der Waals surface area contributed by atoms with Crippen LogP contribution in [0, 0.1) is 12.3 Å². The lowest BCUT2D eigenvalue weighted by atomic mass is 10.0. The third-order valence-electron chi connectivity index (χ3n) is 4.09. The normalized spacial score (nSPS) is 16.4. The number of terminal acetylenes is 1. The molecule has 1 fully saturated rings. The van der Waals surface area contributed by atoms with Crippen LogP contribution in [0.2, 0.25) is 0 Å². The first-order valence-corrected chi connectivity index (χ1v) is 9.64. The van der Waals surface area contributed by atoms with E-state index in [-0.39, 0.29) is 29.6 Å². The molecule has 26 heavy (non-hydrogen) atoms. The van der Waals surface area contributed by atoms with Crippen LogP contribution in [0.1, 0.15) is 23.2 Å². The number of carbonyl (C=O) groups is 1. The molecule has 0 aliphatic carbocycles. The molecule has 2 rings (SSSR count). The predicted molar refractivity (Wildman–Crippen MR) is 93.4 cm³/mol. The molecule has 1 aromatic rings. The molecule has 1 saturated heterocycles. The minimum absolute atomic E-state index is 0.0489. The summed E-state index contributed by atoms with van der Waals surface area (Å²) in [5.41, 5.74) is 0.212. The Bertz CT molecular complexity index is 770. The molecule has 1 amide bonds. The Morgan fingerprint density at radius 2 is 2.04 bits per heavy atom. The summed E-state index contributed by atoms with van der Waals surface area (Å²) < 4.78 is 51.1. The van der Waals surface area contributed by atoms with E-state index in [2.05, 4.69) is 16.0 Å². The van der Waals surface area contributed by atoms with E-state index in [0.29, 0.717) is 25.9 Å². The molecular formula is C17H21F2N3O3S. The summed E-state index contributed by atoms with van der Waals surface area (Å²) in [4.78, 5) is 14.0. The zero-order valence-corrected chi connectivity index (χ0v) is 14.9. The first-order chi connectivity index (χ1) is 12.3. The zero-order chi connectivity index (χ0) is 19.2. The lowest BCUT2D eigenvalue weighted by Gasteiger charge is -2.32. The third kappa shape index (κ3) is 5.76. The average molecular weight is 385 g/mol. The molecule has 142 valence electrons. The maximum atomic E-state index is 12.4. The Morgan fingerprint density at radius 1 is 1.35 bits per heavy atom. The molecule has 0 saturated carbocycles. The van der Waals surface area contributed by atoms with Crippen molar-refractivity contribution in [1.82, 2.24) is 14.9 Å². The predicted octanol–water partition coefficient (Wildman–Crippen LogP) is 1.06. The lowest BCUT2D eigenvalue weighted by molar-refractivity contribution is 0.0696. The number of carbonyl (C=O) groups excluding carboxylic acids is 1. The number of amides is 1. The summed E-state index contributed by atoms with van der Waals surface area (Å²) in [5, 5.41) is 2.83. The van der Waals surface area contributed by atoms with Gasteiger partial charge in [0.1, 0.15) is 0 Å². The van der Waals surface area contributed by atoms with Gasteiger partial charge in [-0.3, -0.25) is 9.69 Å². The van der Waals surface area contributed by atoms with Gasteiger partial charge in [0.15, 0.2) is 0 Å². The highest BCUT2D eigenvalue weighted by atomic mass is 32.2. The van der Waals surface area contributed by atoms with Gasteiger partial charge in [0.05, 0.1) is 18.0 Å². The van der Waals surface area contributed by atoms with Crippen LogP contribution in [0.25, 0.3) is 0 Å². The zero-order valence-electron chi connectivity index (χ0n) is 14.1. The van der Waals surface area contributed by atoms with Crippen molar-refractivity contribution in [2.45, 2.75) is 30.2 Å². The topological polar surface area (TPSA) is 78.5 Å². The molecule has 0 aromatic heterocycles. The molecule has 6 nitrogen and oxygen atoms in total. The van der Waals surface area contributed by atoms with Crippen LogP contribution in [0.3, 0.4) is 0 Å². The highest BCUT2D eigenvalue weighted by molar-refractivity contribution is 7.89. The summed E-state index contributed by atoms with van der Waals surface area (Å²) >= 11 is 0. The molecule has 0 radical (unpaired) electrons. The summed E-state index contributed by atoms with van der Waals surface area (Å²) in [6.45, 7) is 0.570. The van der Waals surface area contributed by atoms with E-state index in [9.17, 15) is 22.0 Å². The minimum Gasteiger partial charge on any atom is -0.349 e.